The van der Waals surface area contributed by atoms with Crippen molar-refractivity contribution in [3.05, 3.63) is 41.5 Å². The Labute approximate surface area is 104 Å². The van der Waals surface area contributed by atoms with Gasteiger partial charge < -0.3 is 10.2 Å². The predicted molar refractivity (Wildman–Crippen MR) is 65.8 cm³/mol. The normalized spacial score (nSPS) is 10.2. The summed E-state index contributed by atoms with van der Waals surface area (Å²) in [7, 11) is 0. The molecule has 0 unspecified atom stereocenters. The van der Waals surface area contributed by atoms with Gasteiger partial charge in [0.2, 0.25) is 5.88 Å². The average Bonchev–Trinajstić information content (AvgIpc) is 2.33. The second-order valence-corrected chi connectivity index (χ2v) is 3.79. The molecule has 1 aromatic heterocycles. The van der Waals surface area contributed by atoms with E-state index in [1.807, 2.05) is 6.92 Å². The molecule has 5 nitrogen and oxygen atoms in total. The molecular weight excluding hydrogens is 235 g/mol. The number of hydrazine groups is 1. The van der Waals surface area contributed by atoms with Gasteiger partial charge in [-0.1, -0.05) is 6.07 Å². The Balaban J connectivity index is 2.33. The number of ether oxygens (including phenoxy) is 1. The van der Waals surface area contributed by atoms with Gasteiger partial charge in [-0.3, -0.25) is 0 Å². The monoisotopic (exact) mass is 248 g/mol. The molecule has 18 heavy (non-hydrogen) atoms. The number of nitrogens with zero attached hydrogens (tertiary/aromatic N) is 2. The van der Waals surface area contributed by atoms with Crippen molar-refractivity contribution in [2.45, 2.75) is 13.8 Å². The van der Waals surface area contributed by atoms with Crippen molar-refractivity contribution >= 4 is 5.82 Å². The van der Waals surface area contributed by atoms with Gasteiger partial charge in [-0.05, 0) is 25.5 Å². The Morgan fingerprint density at radius 2 is 2.00 bits per heavy atom. The van der Waals surface area contributed by atoms with E-state index in [4.69, 9.17) is 10.6 Å². The maximum atomic E-state index is 13.1. The number of benzene rings is 1. The molecule has 0 saturated heterocycles. The fourth-order valence-electron chi connectivity index (χ4n) is 1.46. The van der Waals surface area contributed by atoms with Crippen molar-refractivity contribution in [2.75, 3.05) is 5.43 Å². The third kappa shape index (κ3) is 2.72. The standard InChI is InChI=1S/C12H13FN4O/c1-7-3-4-9(13)5-10(7)18-12-6-11(17-14)15-8(2)16-12/h3-6H,14H2,1-2H3,(H,15,16,17). The highest BCUT2D eigenvalue weighted by atomic mass is 19.1. The highest BCUT2D eigenvalue weighted by Crippen LogP contribution is 2.25. The first-order valence-corrected chi connectivity index (χ1v) is 5.35. The molecule has 0 fully saturated rings. The van der Waals surface area contributed by atoms with Crippen LogP contribution in [0.5, 0.6) is 11.6 Å². The fourth-order valence-corrected chi connectivity index (χ4v) is 1.46. The number of anilines is 1. The van der Waals surface area contributed by atoms with E-state index in [-0.39, 0.29) is 5.82 Å². The smallest absolute Gasteiger partial charge is 0.224 e. The summed E-state index contributed by atoms with van der Waals surface area (Å²) in [5, 5.41) is 0. The maximum absolute atomic E-state index is 13.1. The zero-order chi connectivity index (χ0) is 13.1. The summed E-state index contributed by atoms with van der Waals surface area (Å²) in [6.45, 7) is 3.54. The van der Waals surface area contributed by atoms with Crippen LogP contribution in [0.15, 0.2) is 24.3 Å². The number of nitrogens with two attached hydrogens (primary N) is 1. The fraction of sp³-hybridized carbons (Fsp3) is 0.167. The summed E-state index contributed by atoms with van der Waals surface area (Å²) in [5.41, 5.74) is 3.23. The summed E-state index contributed by atoms with van der Waals surface area (Å²) < 4.78 is 18.7. The van der Waals surface area contributed by atoms with Crippen LogP contribution in [0.1, 0.15) is 11.4 Å². The quantitative estimate of drug-likeness (QED) is 0.644. The molecule has 0 aliphatic rings. The minimum atomic E-state index is -0.362. The van der Waals surface area contributed by atoms with Gasteiger partial charge >= 0.3 is 0 Å². The first-order chi connectivity index (χ1) is 8.58. The Kier molecular flexibility index (Phi) is 3.38. The largest absolute Gasteiger partial charge is 0.438 e. The number of rotatable bonds is 3. The van der Waals surface area contributed by atoms with E-state index in [9.17, 15) is 4.39 Å². The van der Waals surface area contributed by atoms with Crippen LogP contribution in [0.25, 0.3) is 0 Å². The summed E-state index contributed by atoms with van der Waals surface area (Å²) in [6.07, 6.45) is 0. The maximum Gasteiger partial charge on any atom is 0.224 e. The lowest BCUT2D eigenvalue weighted by Gasteiger charge is -2.09. The van der Waals surface area contributed by atoms with Gasteiger partial charge in [0.05, 0.1) is 0 Å². The Morgan fingerprint density at radius 3 is 2.72 bits per heavy atom. The van der Waals surface area contributed by atoms with E-state index < -0.39 is 0 Å². The summed E-state index contributed by atoms with van der Waals surface area (Å²) in [5.74, 6) is 6.58. The third-order valence-corrected chi connectivity index (χ3v) is 2.33. The van der Waals surface area contributed by atoms with Gasteiger partial charge in [-0.15, -0.1) is 0 Å². The van der Waals surface area contributed by atoms with Crippen LogP contribution >= 0.6 is 0 Å². The minimum absolute atomic E-state index is 0.309. The number of aryl methyl sites for hydroxylation is 2. The molecule has 2 rings (SSSR count). The SMILES string of the molecule is Cc1nc(NN)cc(Oc2cc(F)ccc2C)n1. The van der Waals surface area contributed by atoms with E-state index in [2.05, 4.69) is 15.4 Å². The Morgan fingerprint density at radius 1 is 1.22 bits per heavy atom. The number of aromatic nitrogens is 2. The lowest BCUT2D eigenvalue weighted by Crippen LogP contribution is -2.09. The molecule has 0 aliphatic heterocycles. The third-order valence-electron chi connectivity index (χ3n) is 2.33. The summed E-state index contributed by atoms with van der Waals surface area (Å²) in [4.78, 5) is 8.13. The molecule has 2 aromatic rings. The molecule has 0 spiro atoms. The molecule has 3 N–H and O–H groups in total. The molecule has 0 saturated carbocycles. The molecule has 6 heteroatoms. The van der Waals surface area contributed by atoms with Crippen LogP contribution in [0.2, 0.25) is 0 Å². The van der Waals surface area contributed by atoms with Crippen molar-refractivity contribution < 1.29 is 9.13 Å². The van der Waals surface area contributed by atoms with Crippen molar-refractivity contribution in [1.29, 1.82) is 0 Å². The zero-order valence-electron chi connectivity index (χ0n) is 10.1. The molecule has 1 aromatic carbocycles. The summed E-state index contributed by atoms with van der Waals surface area (Å²) in [6, 6.07) is 5.86. The number of nitrogen functional groups attached to an aromatic ring is 1. The molecular formula is C12H13FN4O. The molecule has 0 radical (unpaired) electrons. The van der Waals surface area contributed by atoms with E-state index in [1.165, 1.54) is 18.2 Å². The van der Waals surface area contributed by atoms with Crippen LogP contribution in [-0.4, -0.2) is 9.97 Å². The Bertz CT molecular complexity index is 574. The molecule has 1 heterocycles. The molecule has 94 valence electrons. The number of halogens is 1. The average molecular weight is 248 g/mol. The van der Waals surface area contributed by atoms with E-state index in [0.29, 0.717) is 23.3 Å². The molecule has 0 aliphatic carbocycles. The number of hydrogen-bond donors (Lipinski definition) is 2. The predicted octanol–water partition coefficient (Wildman–Crippen LogP) is 2.31. The van der Waals surface area contributed by atoms with E-state index >= 15 is 0 Å². The minimum Gasteiger partial charge on any atom is -0.438 e. The van der Waals surface area contributed by atoms with Crippen LogP contribution in [0, 0.1) is 19.7 Å². The van der Waals surface area contributed by atoms with Crippen LogP contribution in [-0.2, 0) is 0 Å². The second kappa shape index (κ2) is 4.97. The van der Waals surface area contributed by atoms with E-state index in [1.54, 1.807) is 13.0 Å². The first-order valence-electron chi connectivity index (χ1n) is 5.35. The van der Waals surface area contributed by atoms with Crippen LogP contribution in [0.4, 0.5) is 10.2 Å². The van der Waals surface area contributed by atoms with Crippen molar-refractivity contribution in [3.63, 3.8) is 0 Å². The highest BCUT2D eigenvalue weighted by molar-refractivity contribution is 5.40. The van der Waals surface area contributed by atoms with Crippen molar-refractivity contribution in [1.82, 2.24) is 9.97 Å². The van der Waals surface area contributed by atoms with Crippen molar-refractivity contribution in [3.8, 4) is 11.6 Å². The summed E-state index contributed by atoms with van der Waals surface area (Å²) >= 11 is 0. The number of hydrogen-bond acceptors (Lipinski definition) is 5. The van der Waals surface area contributed by atoms with Gasteiger partial charge in [-0.25, -0.2) is 15.2 Å². The lowest BCUT2D eigenvalue weighted by atomic mass is 10.2. The van der Waals surface area contributed by atoms with Crippen molar-refractivity contribution in [2.24, 2.45) is 5.84 Å². The zero-order valence-corrected chi connectivity index (χ0v) is 10.1. The van der Waals surface area contributed by atoms with Gasteiger partial charge in [0.25, 0.3) is 0 Å². The second-order valence-electron chi connectivity index (χ2n) is 3.79. The number of nitrogens with one attached hydrogen (secondary N) is 1. The van der Waals surface area contributed by atoms with Gasteiger partial charge in [0.15, 0.2) is 0 Å². The highest BCUT2D eigenvalue weighted by Gasteiger charge is 2.06. The molecule has 0 amide bonds. The first kappa shape index (κ1) is 12.3. The topological polar surface area (TPSA) is 73.1 Å². The van der Waals surface area contributed by atoms with Crippen LogP contribution < -0.4 is 16.0 Å². The van der Waals surface area contributed by atoms with Gasteiger partial charge in [-0.2, -0.15) is 4.98 Å². The molecule has 0 bridgehead atoms. The Hall–Kier alpha value is -2.21. The van der Waals surface area contributed by atoms with E-state index in [0.717, 1.165) is 5.56 Å². The van der Waals surface area contributed by atoms with Gasteiger partial charge in [0, 0.05) is 12.1 Å². The lowest BCUT2D eigenvalue weighted by molar-refractivity contribution is 0.452. The van der Waals surface area contributed by atoms with Crippen LogP contribution in [0.3, 0.4) is 0 Å². The van der Waals surface area contributed by atoms with Gasteiger partial charge in [0.1, 0.15) is 23.2 Å². The molecule has 0 atom stereocenters.